The number of benzene rings is 1. The average Bonchev–Trinajstić information content (AvgIpc) is 2.84. The molecule has 0 amide bonds. The summed E-state index contributed by atoms with van der Waals surface area (Å²) in [6.07, 6.45) is 0.996. The Labute approximate surface area is 115 Å². The van der Waals surface area contributed by atoms with Crippen molar-refractivity contribution in [1.29, 1.82) is 0 Å². The largest absolute Gasteiger partial charge is 0.420 e. The predicted molar refractivity (Wildman–Crippen MR) is 74.6 cm³/mol. The van der Waals surface area contributed by atoms with Crippen LogP contribution < -0.4 is 5.73 Å². The van der Waals surface area contributed by atoms with Gasteiger partial charge in [0.15, 0.2) is 0 Å². The van der Waals surface area contributed by atoms with E-state index in [0.29, 0.717) is 29.1 Å². The Hall–Kier alpha value is -1.04. The lowest BCUT2D eigenvalue weighted by molar-refractivity contribution is 0.528. The summed E-state index contributed by atoms with van der Waals surface area (Å²) in [5.41, 5.74) is 6.19. The molecule has 6 heteroatoms. The average molecular weight is 284 g/mol. The van der Waals surface area contributed by atoms with Gasteiger partial charge in [0.2, 0.25) is 11.8 Å². The van der Waals surface area contributed by atoms with Crippen LogP contribution in [0.1, 0.15) is 12.3 Å². The maximum absolute atomic E-state index is 6.07. The van der Waals surface area contributed by atoms with Gasteiger partial charge in [-0.15, -0.1) is 10.2 Å². The third-order valence-electron chi connectivity index (χ3n) is 2.29. The number of thioether (sulfide) groups is 1. The van der Waals surface area contributed by atoms with Gasteiger partial charge in [-0.05, 0) is 30.9 Å². The van der Waals surface area contributed by atoms with Gasteiger partial charge in [0.25, 0.3) is 0 Å². The van der Waals surface area contributed by atoms with Crippen molar-refractivity contribution in [3.63, 3.8) is 0 Å². The Balaban J connectivity index is 2.00. The van der Waals surface area contributed by atoms with Crippen LogP contribution in [0.3, 0.4) is 0 Å². The Morgan fingerprint density at radius 1 is 1.28 bits per heavy atom. The molecule has 2 N–H and O–H groups in total. The minimum atomic E-state index is 0.468. The first-order valence-corrected chi connectivity index (χ1v) is 7.19. The zero-order chi connectivity index (χ0) is 12.8. The van der Waals surface area contributed by atoms with Crippen LogP contribution in [0.15, 0.2) is 28.7 Å². The lowest BCUT2D eigenvalue weighted by atomic mass is 10.2. The Kier molecular flexibility index (Phi) is 5.04. The zero-order valence-corrected chi connectivity index (χ0v) is 11.4. The highest BCUT2D eigenvalue weighted by Crippen LogP contribution is 2.26. The Morgan fingerprint density at radius 2 is 2.11 bits per heavy atom. The summed E-state index contributed by atoms with van der Waals surface area (Å²) in [6, 6.07) is 7.42. The maximum Gasteiger partial charge on any atom is 0.249 e. The van der Waals surface area contributed by atoms with Gasteiger partial charge >= 0.3 is 0 Å². The zero-order valence-electron chi connectivity index (χ0n) is 9.80. The molecule has 0 fully saturated rings. The molecule has 0 radical (unpaired) electrons. The van der Waals surface area contributed by atoms with Gasteiger partial charge in [-0.1, -0.05) is 23.7 Å². The fraction of sp³-hybridized carbons (Fsp3) is 0.333. The molecule has 2 aromatic rings. The van der Waals surface area contributed by atoms with Crippen LogP contribution in [-0.2, 0) is 5.75 Å². The normalized spacial score (nSPS) is 10.8. The van der Waals surface area contributed by atoms with E-state index in [1.165, 1.54) is 0 Å². The van der Waals surface area contributed by atoms with Crippen molar-refractivity contribution in [3.8, 4) is 11.5 Å². The molecule has 18 heavy (non-hydrogen) atoms. The van der Waals surface area contributed by atoms with E-state index in [1.807, 2.05) is 18.2 Å². The highest BCUT2D eigenvalue weighted by atomic mass is 35.5. The first-order chi connectivity index (χ1) is 8.81. The van der Waals surface area contributed by atoms with E-state index in [4.69, 9.17) is 21.8 Å². The molecule has 2 rings (SSSR count). The van der Waals surface area contributed by atoms with E-state index in [2.05, 4.69) is 10.2 Å². The van der Waals surface area contributed by atoms with Crippen LogP contribution >= 0.6 is 23.4 Å². The maximum atomic E-state index is 6.07. The van der Waals surface area contributed by atoms with Crippen LogP contribution in [-0.4, -0.2) is 22.5 Å². The van der Waals surface area contributed by atoms with Crippen molar-refractivity contribution in [1.82, 2.24) is 10.2 Å². The van der Waals surface area contributed by atoms with Crippen LogP contribution in [0.5, 0.6) is 0 Å². The van der Waals surface area contributed by atoms with Gasteiger partial charge in [0.05, 0.1) is 16.3 Å². The number of aromatic nitrogens is 2. The Morgan fingerprint density at radius 3 is 2.89 bits per heavy atom. The van der Waals surface area contributed by atoms with Crippen molar-refractivity contribution in [2.45, 2.75) is 12.2 Å². The van der Waals surface area contributed by atoms with E-state index < -0.39 is 0 Å². The summed E-state index contributed by atoms with van der Waals surface area (Å²) in [7, 11) is 0. The van der Waals surface area contributed by atoms with Crippen LogP contribution in [0.25, 0.3) is 11.5 Å². The minimum Gasteiger partial charge on any atom is -0.420 e. The van der Waals surface area contributed by atoms with E-state index in [-0.39, 0.29) is 0 Å². The highest BCUT2D eigenvalue weighted by Gasteiger charge is 2.11. The molecule has 0 spiro atoms. The number of nitrogens with zero attached hydrogens (tertiary/aromatic N) is 2. The topological polar surface area (TPSA) is 64.9 Å². The number of halogens is 1. The third kappa shape index (κ3) is 3.48. The summed E-state index contributed by atoms with van der Waals surface area (Å²) in [6.45, 7) is 0.710. The lowest BCUT2D eigenvalue weighted by Crippen LogP contribution is -1.99. The quantitative estimate of drug-likeness (QED) is 0.826. The number of hydrogen-bond acceptors (Lipinski definition) is 5. The second kappa shape index (κ2) is 6.78. The Bertz CT molecular complexity index is 504. The molecule has 0 atom stereocenters. The summed E-state index contributed by atoms with van der Waals surface area (Å²) < 4.78 is 5.57. The molecule has 0 unspecified atom stereocenters. The van der Waals surface area contributed by atoms with Gasteiger partial charge in [0.1, 0.15) is 0 Å². The van der Waals surface area contributed by atoms with Gasteiger partial charge in [-0.25, -0.2) is 0 Å². The van der Waals surface area contributed by atoms with Gasteiger partial charge in [-0.3, -0.25) is 0 Å². The van der Waals surface area contributed by atoms with Crippen LogP contribution in [0.2, 0.25) is 5.02 Å². The fourth-order valence-corrected chi connectivity index (χ4v) is 2.42. The van der Waals surface area contributed by atoms with Crippen molar-refractivity contribution < 1.29 is 4.42 Å². The first-order valence-electron chi connectivity index (χ1n) is 5.66. The van der Waals surface area contributed by atoms with Gasteiger partial charge in [-0.2, -0.15) is 11.8 Å². The summed E-state index contributed by atoms with van der Waals surface area (Å²) >= 11 is 7.80. The van der Waals surface area contributed by atoms with Crippen molar-refractivity contribution >= 4 is 23.4 Å². The highest BCUT2D eigenvalue weighted by molar-refractivity contribution is 7.98. The molecule has 1 aromatic heterocycles. The lowest BCUT2D eigenvalue weighted by Gasteiger charge is -1.97. The number of rotatable bonds is 6. The standard InChI is InChI=1S/C12H14ClN3OS/c13-10-5-2-1-4-9(10)12-16-15-11(17-12)8-18-7-3-6-14/h1-2,4-5H,3,6-8,14H2. The SMILES string of the molecule is NCCCSCc1nnc(-c2ccccc2Cl)o1. The monoisotopic (exact) mass is 283 g/mol. The molecular weight excluding hydrogens is 270 g/mol. The molecular formula is C12H14ClN3OS. The number of nitrogens with two attached hydrogens (primary N) is 1. The second-order valence-electron chi connectivity index (χ2n) is 3.68. The molecule has 0 aliphatic heterocycles. The molecule has 0 saturated heterocycles. The molecule has 1 aromatic carbocycles. The molecule has 4 nitrogen and oxygen atoms in total. The molecule has 1 heterocycles. The third-order valence-corrected chi connectivity index (χ3v) is 3.65. The van der Waals surface area contributed by atoms with E-state index in [0.717, 1.165) is 17.7 Å². The van der Waals surface area contributed by atoms with Gasteiger partial charge in [0, 0.05) is 0 Å². The summed E-state index contributed by atoms with van der Waals surface area (Å²) in [4.78, 5) is 0. The first kappa shape index (κ1) is 13.4. The van der Waals surface area contributed by atoms with E-state index in [9.17, 15) is 0 Å². The number of hydrogen-bond donors (Lipinski definition) is 1. The molecule has 0 aliphatic carbocycles. The molecule has 0 bridgehead atoms. The summed E-state index contributed by atoms with van der Waals surface area (Å²) in [5.74, 6) is 2.79. The van der Waals surface area contributed by atoms with E-state index in [1.54, 1.807) is 17.8 Å². The molecule has 96 valence electrons. The smallest absolute Gasteiger partial charge is 0.249 e. The van der Waals surface area contributed by atoms with E-state index >= 15 is 0 Å². The second-order valence-corrected chi connectivity index (χ2v) is 5.19. The van der Waals surface area contributed by atoms with Crippen LogP contribution in [0, 0.1) is 0 Å². The molecule has 0 aliphatic rings. The van der Waals surface area contributed by atoms with Crippen molar-refractivity contribution in [2.75, 3.05) is 12.3 Å². The van der Waals surface area contributed by atoms with Gasteiger partial charge < -0.3 is 10.2 Å². The fourth-order valence-electron chi connectivity index (χ4n) is 1.40. The molecule has 0 saturated carbocycles. The predicted octanol–water partition coefficient (Wildman–Crippen LogP) is 2.97. The van der Waals surface area contributed by atoms with Crippen LogP contribution in [0.4, 0.5) is 0 Å². The summed E-state index contributed by atoms with van der Waals surface area (Å²) in [5, 5.41) is 8.63. The minimum absolute atomic E-state index is 0.468. The van der Waals surface area contributed by atoms with Crippen molar-refractivity contribution in [3.05, 3.63) is 35.2 Å². The van der Waals surface area contributed by atoms with Crippen molar-refractivity contribution in [2.24, 2.45) is 5.73 Å².